The highest BCUT2D eigenvalue weighted by Crippen LogP contribution is 2.46. The maximum atomic E-state index is 13.4. The van der Waals surface area contributed by atoms with Gasteiger partial charge in [-0.05, 0) is 19.3 Å². The highest BCUT2D eigenvalue weighted by atomic mass is 17.1. The number of carboxylic acids is 2. The van der Waals surface area contributed by atoms with Gasteiger partial charge in [0.15, 0.2) is 44.0 Å². The Kier molecular flexibility index (Phi) is 44.8. The van der Waals surface area contributed by atoms with E-state index in [0.29, 0.717) is 0 Å². The quantitative estimate of drug-likeness (QED) is 0.0199. The van der Waals surface area contributed by atoms with E-state index >= 15 is 0 Å². The smallest absolute Gasteiger partial charge is 0.364 e. The number of aliphatic hydroxyl groups excluding tert-OH is 29. The molecule has 11 aliphatic rings. The van der Waals surface area contributed by atoms with Gasteiger partial charge in [0.2, 0.25) is 23.6 Å². The molecule has 0 aromatic carbocycles. The number of carbonyl (C=O) groups is 6. The van der Waals surface area contributed by atoms with Crippen molar-refractivity contribution >= 4 is 35.6 Å². The standard InChI is InChI=1S/C86H144N4O59/c1-8-28-30(102)12-85(83(124)125,147-67(28)49(106)32(104)14-91)130-22-43-53(110)60(117)64(121)78(139-43)142-69-36(149-128)11-35(46(57(69)114)88-25(5)99)133-75-63(120)52(109)38(17-94)135-82(75)145-73-55(112)42(138-80(66(73)123)144-72-41(20-97)136-76(47(58(72)115)89-26(6)100)141-70-39(18-95)132-34(10-3)45(56(70)113)87-24(4)98)21-129-81-74(62(119)51(108)37(16-93)134-81)146-77-48(90-27(7)101)59(116)71(40(19-96)137-77)143-79-65(122)61(118)54(111)44(140-79)23-131-86(84(126)127)13-31(103)29(9-2)68(148-86)50(107)33(105)15-92/h28-82,91-97,102-123,128H,8-23H2,1-7H3,(H,87,98)(H,88,99)(H,89,100)(H,90,101)(H,124,125)(H,126,127)/t28-,29-,30-,31-,32-,33-,34+,35?,36?,37?,38?,39?,40?,41?,42?,43?,44?,45?,46-,47?,48?,49-,50-,51-,52+,53+,54+,55-,56-,57-,58-,59-,60+,61+,62+,63?,64?,65?,66?,67?,68?,69-,70-,71-,72-,73+,74?,75+,76+,77+,78+,79+,80+,81+,82?,85-,86-/m1/s1. The Labute approximate surface area is 847 Å². The Hall–Kier alpha value is -5.22. The molecule has 0 radical (unpaired) electrons. The zero-order valence-electron chi connectivity index (χ0n) is 81.4. The second-order valence-electron chi connectivity index (χ2n) is 38.6. The summed E-state index contributed by atoms with van der Waals surface area (Å²) in [5, 5.41) is 371. The van der Waals surface area contributed by atoms with Crippen LogP contribution in [0.5, 0.6) is 0 Å². The fourth-order valence-electron chi connectivity index (χ4n) is 20.5. The van der Waals surface area contributed by atoms with E-state index in [4.69, 9.17) is 99.6 Å². The van der Waals surface area contributed by atoms with Crippen LogP contribution in [0.1, 0.15) is 87.0 Å². The third-order valence-electron chi connectivity index (χ3n) is 28.6. The van der Waals surface area contributed by atoms with Gasteiger partial charge in [-0.25, -0.2) is 14.5 Å². The van der Waals surface area contributed by atoms with Crippen molar-refractivity contribution in [3.63, 3.8) is 0 Å². The van der Waals surface area contributed by atoms with Crippen LogP contribution in [0, 0.1) is 11.8 Å². The van der Waals surface area contributed by atoms with Crippen molar-refractivity contribution in [1.82, 2.24) is 21.3 Å². The zero-order chi connectivity index (χ0) is 110. The molecule has 862 valence electrons. The molecule has 0 aromatic heterocycles. The van der Waals surface area contributed by atoms with Gasteiger partial charge in [0.05, 0.1) is 115 Å². The van der Waals surface area contributed by atoms with Crippen molar-refractivity contribution < 1.29 is 292 Å². The molecular weight excluding hydrogens is 2030 g/mol. The molecule has 63 heteroatoms. The topological polar surface area (TPSA) is 992 Å². The van der Waals surface area contributed by atoms with Gasteiger partial charge in [0.25, 0.3) is 11.6 Å². The molecule has 36 N–H and O–H groups in total. The Morgan fingerprint density at radius 3 is 1.03 bits per heavy atom. The molecular formula is C86H144N4O59. The van der Waals surface area contributed by atoms with E-state index in [2.05, 4.69) is 21.3 Å². The van der Waals surface area contributed by atoms with Crippen LogP contribution in [0.25, 0.3) is 0 Å². The molecule has 10 aliphatic heterocycles. The van der Waals surface area contributed by atoms with Crippen LogP contribution in [-0.2, 0) is 128 Å². The monoisotopic (exact) mass is 2180 g/mol. The van der Waals surface area contributed by atoms with Crippen molar-refractivity contribution in [3.8, 4) is 0 Å². The van der Waals surface area contributed by atoms with E-state index in [9.17, 15) is 192 Å². The molecule has 1 saturated carbocycles. The number of ether oxygens (including phenoxy) is 20. The van der Waals surface area contributed by atoms with Crippen molar-refractivity contribution in [1.29, 1.82) is 0 Å². The molecule has 11 fully saturated rings. The third kappa shape index (κ3) is 27.3. The van der Waals surface area contributed by atoms with Crippen LogP contribution in [0.15, 0.2) is 0 Å². The molecule has 63 nitrogen and oxygen atoms in total. The second-order valence-corrected chi connectivity index (χ2v) is 38.6. The van der Waals surface area contributed by atoms with Gasteiger partial charge < -0.3 is 274 Å². The summed E-state index contributed by atoms with van der Waals surface area (Å²) in [6, 6.07) is -7.27. The van der Waals surface area contributed by atoms with Gasteiger partial charge in [0.1, 0.15) is 232 Å². The van der Waals surface area contributed by atoms with Crippen molar-refractivity contribution in [2.45, 2.75) is 423 Å². The first-order valence-corrected chi connectivity index (χ1v) is 48.5. The first-order chi connectivity index (χ1) is 70.4. The van der Waals surface area contributed by atoms with E-state index in [0.717, 1.165) is 27.7 Å². The summed E-state index contributed by atoms with van der Waals surface area (Å²) >= 11 is 0. The molecule has 0 bridgehead atoms. The number of hydrogen-bond acceptors (Lipinski definition) is 57. The number of carbonyl (C=O) groups excluding carboxylic acids is 4. The minimum Gasteiger partial charge on any atom is -0.477 e. The number of aliphatic carboxylic acids is 2. The molecule has 1 aliphatic carbocycles. The van der Waals surface area contributed by atoms with E-state index in [1.54, 1.807) is 6.92 Å². The molecule has 57 atom stereocenters. The fraction of sp³-hybridized carbons (Fsp3) is 0.930. The number of amides is 4. The third-order valence-corrected chi connectivity index (χ3v) is 28.6. The Morgan fingerprint density at radius 1 is 0.315 bits per heavy atom. The van der Waals surface area contributed by atoms with E-state index in [1.165, 1.54) is 13.8 Å². The number of rotatable bonds is 44. The summed E-state index contributed by atoms with van der Waals surface area (Å²) in [6.07, 6.45) is -107. The van der Waals surface area contributed by atoms with E-state index in [1.807, 2.05) is 0 Å². The lowest BCUT2D eigenvalue weighted by Crippen LogP contribution is -2.70. The number of nitrogens with one attached hydrogen (secondary N) is 4. The predicted molar refractivity (Wildman–Crippen MR) is 467 cm³/mol. The normalized spacial score (nSPS) is 46.8. The van der Waals surface area contributed by atoms with Gasteiger partial charge in [-0.3, -0.25) is 24.4 Å². The number of hydrogen-bond donors (Lipinski definition) is 36. The average Bonchev–Trinajstić information content (AvgIpc) is 0.760. The van der Waals surface area contributed by atoms with Crippen LogP contribution in [-0.4, -0.2) is 601 Å². The second kappa shape index (κ2) is 53.9. The molecule has 0 aromatic rings. The summed E-state index contributed by atoms with van der Waals surface area (Å²) in [5.74, 6) is -15.7. The lowest BCUT2D eigenvalue weighted by molar-refractivity contribution is -0.393. The molecule has 10 heterocycles. The highest BCUT2D eigenvalue weighted by Gasteiger charge is 2.65. The minimum atomic E-state index is -2.96. The van der Waals surface area contributed by atoms with E-state index < -0.39 is 469 Å². The SMILES string of the molecule is CC[C@@H]1OC(CO)[C@@H](O[C@@H]2OC(CO)[C@@H](O[C@@H]3OC(CO[C@H]4OC(CO)[C@@H](O)[C@H](O)C4O[C@@H]4OC(CO)[C@@H](O[C@@H]5OC(CO[C@]6(C(=O)O)C[C@@H](O)[C@@H](CC)C([C@H](O)[C@H](O)CO)O6)[C@H](O)[C@H](O)C5O)[C@H](O)C4NC(C)=O)[C@@H](O)[C@H](OC4OC(CO)[C@H](O)C(O)[C@@H]4OC4CC(OO)[C@@H](O[C@@H]5OC(CO[C@]6(C(=O)O)C[C@@H](O)[C@@H](CC)C([C@H](O)[C@H](O)CO)O6)[C@H](O)[C@H](O)C5O)[C@H](O)[C@@H]4NC(C)=O)C3O)[C@H](O)C2NC(C)=O)[C@H](O)C1NC(C)=O. The van der Waals surface area contributed by atoms with E-state index in [-0.39, 0.29) is 19.3 Å². The summed E-state index contributed by atoms with van der Waals surface area (Å²) in [5.41, 5.74) is 0. The minimum absolute atomic E-state index is 0.00315. The van der Waals surface area contributed by atoms with Gasteiger partial charge in [-0.1, -0.05) is 20.8 Å². The zero-order valence-corrected chi connectivity index (χ0v) is 81.4. The van der Waals surface area contributed by atoms with Gasteiger partial charge in [0, 0.05) is 58.8 Å². The molecule has 11 rings (SSSR count). The van der Waals surface area contributed by atoms with Crippen LogP contribution >= 0.6 is 0 Å². The van der Waals surface area contributed by atoms with Gasteiger partial charge in [-0.15, -0.1) is 0 Å². The van der Waals surface area contributed by atoms with Gasteiger partial charge in [-0.2, -0.15) is 0 Å². The summed E-state index contributed by atoms with van der Waals surface area (Å²) in [4.78, 5) is 83.2. The summed E-state index contributed by atoms with van der Waals surface area (Å²) in [7, 11) is 0. The maximum Gasteiger partial charge on any atom is 0.364 e. The Bertz CT molecular complexity index is 4200. The largest absolute Gasteiger partial charge is 0.477 e. The molecule has 21 unspecified atom stereocenters. The first-order valence-electron chi connectivity index (χ1n) is 48.5. The van der Waals surface area contributed by atoms with Crippen LogP contribution in [0.2, 0.25) is 0 Å². The average molecular weight is 2180 g/mol. The molecule has 10 saturated heterocycles. The fourth-order valence-corrected chi connectivity index (χ4v) is 20.5. The van der Waals surface area contributed by atoms with Crippen molar-refractivity contribution in [3.05, 3.63) is 0 Å². The lowest BCUT2D eigenvalue weighted by Gasteiger charge is -2.51. The summed E-state index contributed by atoms with van der Waals surface area (Å²) < 4.78 is 121. The number of aliphatic hydroxyl groups is 29. The van der Waals surface area contributed by atoms with Crippen molar-refractivity contribution in [2.24, 2.45) is 11.8 Å². The summed E-state index contributed by atoms with van der Waals surface area (Å²) in [6.45, 7) is -3.11. The first kappa shape index (κ1) is 124. The maximum absolute atomic E-state index is 13.4. The van der Waals surface area contributed by atoms with Crippen LogP contribution in [0.3, 0.4) is 0 Å². The highest BCUT2D eigenvalue weighted by molar-refractivity contribution is 5.77. The molecule has 4 amide bonds. The Balaban J connectivity index is 0.890. The Morgan fingerprint density at radius 2 is 0.644 bits per heavy atom. The molecule has 0 spiro atoms. The van der Waals surface area contributed by atoms with Crippen molar-refractivity contribution in [2.75, 3.05) is 66.1 Å². The lowest BCUT2D eigenvalue weighted by atomic mass is 9.82. The van der Waals surface area contributed by atoms with Crippen LogP contribution in [0.4, 0.5) is 0 Å². The molecule has 149 heavy (non-hydrogen) atoms. The number of carboxylic acid groups (broad SMARTS) is 2. The van der Waals surface area contributed by atoms with Crippen LogP contribution < -0.4 is 21.3 Å². The van der Waals surface area contributed by atoms with Gasteiger partial charge >= 0.3 is 11.9 Å². The predicted octanol–water partition coefficient (Wildman–Crippen LogP) is -20.3.